The molecule has 1 saturated heterocycles. The molecule has 0 bridgehead atoms. The van der Waals surface area contributed by atoms with Crippen molar-refractivity contribution in [2.24, 2.45) is 17.8 Å². The van der Waals surface area contributed by atoms with Gasteiger partial charge in [-0.25, -0.2) is 5.73 Å². The second kappa shape index (κ2) is 17.7. The number of carbonyl (C=O) groups is 3. The van der Waals surface area contributed by atoms with E-state index in [1.807, 2.05) is 0 Å². The van der Waals surface area contributed by atoms with Crippen LogP contribution < -0.4 is 11.1 Å². The van der Waals surface area contributed by atoms with E-state index in [0.717, 1.165) is 0 Å². The molecule has 0 saturated carbocycles. The first-order valence-corrected chi connectivity index (χ1v) is 19.2. The van der Waals surface area contributed by atoms with Gasteiger partial charge in [-0.3, -0.25) is 31.2 Å². The van der Waals surface area contributed by atoms with Gasteiger partial charge in [-0.2, -0.15) is 0 Å². The molecule has 0 spiro atoms. The van der Waals surface area contributed by atoms with E-state index < -0.39 is 79.6 Å². The lowest BCUT2D eigenvalue weighted by molar-refractivity contribution is -0.146. The zero-order valence-corrected chi connectivity index (χ0v) is 25.6. The maximum Gasteiger partial charge on any atom is 0.310 e. The number of carbonyl (C=O) groups excluding carboxylic acids is 2. The third-order valence-electron chi connectivity index (χ3n) is 6.47. The topological polar surface area (TPSA) is 185 Å². The molecule has 1 heterocycles. The summed E-state index contributed by atoms with van der Waals surface area (Å²) >= 11 is 0. The molecule has 1 aliphatic rings. The van der Waals surface area contributed by atoms with Crippen molar-refractivity contribution in [3.05, 3.63) is 0 Å². The average molecular weight is 618 g/mol. The molecule has 221 valence electrons. The van der Waals surface area contributed by atoms with Crippen LogP contribution in [0.15, 0.2) is 0 Å². The van der Waals surface area contributed by atoms with E-state index in [-0.39, 0.29) is 54.6 Å². The Morgan fingerprint density at radius 2 is 1.39 bits per heavy atom. The number of nitrogens with one attached hydrogen (secondary N) is 2. The third kappa shape index (κ3) is 13.5. The van der Waals surface area contributed by atoms with Gasteiger partial charge in [0.05, 0.1) is 24.7 Å². The van der Waals surface area contributed by atoms with Crippen LogP contribution in [-0.4, -0.2) is 112 Å². The van der Waals surface area contributed by atoms with Gasteiger partial charge in [0, 0.05) is 110 Å². The second-order valence-corrected chi connectivity index (χ2v) is 15.8. The van der Waals surface area contributed by atoms with Gasteiger partial charge in [-0.15, -0.1) is 0 Å². The molecule has 1 radical (unpaired) electrons. The fourth-order valence-electron chi connectivity index (χ4n) is 4.80. The number of carboxylic acids is 1. The summed E-state index contributed by atoms with van der Waals surface area (Å²) in [5.74, 6) is -2.00. The van der Waals surface area contributed by atoms with Gasteiger partial charge in [-0.1, -0.05) is 0 Å². The molecular weight excluding hydrogens is 577 g/mol. The SMILES string of the molecule is CS(=O)CCC1OC(CC(=O)NCCCC([NH])C(=O)CC(=O)O)C(CS(C)=O)C(CS(C)=O)C1CS(C)=O. The van der Waals surface area contributed by atoms with E-state index in [0.29, 0.717) is 24.3 Å². The number of hydrogen-bond donors (Lipinski definition) is 2. The summed E-state index contributed by atoms with van der Waals surface area (Å²) in [6.07, 6.45) is 5.31. The molecule has 3 N–H and O–H groups in total. The van der Waals surface area contributed by atoms with E-state index in [1.165, 1.54) is 0 Å². The third-order valence-corrected chi connectivity index (χ3v) is 9.84. The molecule has 0 aromatic carbocycles. The number of aliphatic carboxylic acids is 1. The predicted octanol–water partition coefficient (Wildman–Crippen LogP) is -0.512. The highest BCUT2D eigenvalue weighted by Crippen LogP contribution is 2.40. The molecule has 1 amide bonds. The lowest BCUT2D eigenvalue weighted by atomic mass is 9.74. The summed E-state index contributed by atoms with van der Waals surface area (Å²) in [7, 11) is -4.71. The highest BCUT2D eigenvalue weighted by molar-refractivity contribution is 7.85. The second-order valence-electron chi connectivity index (χ2n) is 9.78. The summed E-state index contributed by atoms with van der Waals surface area (Å²) in [6, 6.07) is -1.17. The number of hydrogen-bond acceptors (Lipinski definition) is 8. The van der Waals surface area contributed by atoms with Gasteiger partial charge >= 0.3 is 5.97 Å². The number of ketones is 1. The van der Waals surface area contributed by atoms with Crippen molar-refractivity contribution in [1.82, 2.24) is 11.1 Å². The molecule has 1 aliphatic heterocycles. The predicted molar refractivity (Wildman–Crippen MR) is 150 cm³/mol. The number of ether oxygens (including phenoxy) is 1. The zero-order chi connectivity index (χ0) is 29.0. The molecule has 1 rings (SSSR count). The Labute approximate surface area is 235 Å². The van der Waals surface area contributed by atoms with Crippen LogP contribution in [-0.2, 0) is 62.3 Å². The Hall–Kier alpha value is -0.870. The molecule has 0 aromatic heterocycles. The van der Waals surface area contributed by atoms with Crippen LogP contribution in [0.5, 0.6) is 0 Å². The van der Waals surface area contributed by atoms with Crippen LogP contribution in [0, 0.1) is 17.8 Å². The largest absolute Gasteiger partial charge is 0.481 e. The van der Waals surface area contributed by atoms with Gasteiger partial charge in [0.1, 0.15) is 6.42 Å². The van der Waals surface area contributed by atoms with Crippen LogP contribution in [0.25, 0.3) is 0 Å². The van der Waals surface area contributed by atoms with Crippen LogP contribution >= 0.6 is 0 Å². The minimum Gasteiger partial charge on any atom is -0.481 e. The Balaban J connectivity index is 3.00. The summed E-state index contributed by atoms with van der Waals surface area (Å²) in [4.78, 5) is 35.1. The minimum atomic E-state index is -1.28. The summed E-state index contributed by atoms with van der Waals surface area (Å²) < 4.78 is 55.0. The van der Waals surface area contributed by atoms with E-state index in [2.05, 4.69) is 5.32 Å². The Morgan fingerprint density at radius 3 is 1.89 bits per heavy atom. The summed E-state index contributed by atoms with van der Waals surface area (Å²) in [5, 5.41) is 11.4. The van der Waals surface area contributed by atoms with Crippen molar-refractivity contribution in [1.29, 1.82) is 0 Å². The molecule has 0 aromatic rings. The Kier molecular flexibility index (Phi) is 16.4. The number of carboxylic acid groups (broad SMARTS) is 1. The average Bonchev–Trinajstić information content (AvgIpc) is 2.77. The monoisotopic (exact) mass is 617 g/mol. The highest BCUT2D eigenvalue weighted by atomic mass is 32.2. The fraction of sp³-hybridized carbons (Fsp3) is 0.870. The normalized spacial score (nSPS) is 27.6. The van der Waals surface area contributed by atoms with Gasteiger partial charge < -0.3 is 15.2 Å². The number of amides is 1. The van der Waals surface area contributed by atoms with Gasteiger partial charge in [0.15, 0.2) is 5.78 Å². The molecule has 1 fully saturated rings. The number of rotatable bonds is 18. The standard InChI is InChI=1S/C23H41N2O9S4/c1-35(30)9-7-20-16(13-37(3)32)15(12-36(2)31)17(14-38(4)33)21(34-20)11-22(27)25-8-5-6-18(24)19(26)10-23(28)29/h15-18,20-21,24H,5-14H2,1-4H3,(H,25,27)(H,28,29). The lowest BCUT2D eigenvalue weighted by Crippen LogP contribution is -2.54. The molecule has 38 heavy (non-hydrogen) atoms. The maximum absolute atomic E-state index is 12.8. The van der Waals surface area contributed by atoms with Crippen LogP contribution in [0.3, 0.4) is 0 Å². The first-order chi connectivity index (χ1) is 17.7. The van der Waals surface area contributed by atoms with Crippen LogP contribution in [0.1, 0.15) is 32.1 Å². The summed E-state index contributed by atoms with van der Waals surface area (Å²) in [6.45, 7) is 0.184. The zero-order valence-electron chi connectivity index (χ0n) is 22.4. The van der Waals surface area contributed by atoms with Crippen molar-refractivity contribution in [2.75, 3.05) is 54.6 Å². The first kappa shape index (κ1) is 35.2. The van der Waals surface area contributed by atoms with E-state index >= 15 is 0 Å². The van der Waals surface area contributed by atoms with E-state index in [4.69, 9.17) is 15.6 Å². The van der Waals surface area contributed by atoms with Crippen molar-refractivity contribution in [3.8, 4) is 0 Å². The maximum atomic E-state index is 12.8. The van der Waals surface area contributed by atoms with E-state index in [9.17, 15) is 31.2 Å². The van der Waals surface area contributed by atoms with Crippen LogP contribution in [0.4, 0.5) is 0 Å². The molecule has 10 unspecified atom stereocenters. The molecule has 10 atom stereocenters. The van der Waals surface area contributed by atoms with Crippen molar-refractivity contribution >= 4 is 60.9 Å². The van der Waals surface area contributed by atoms with Crippen molar-refractivity contribution < 1.29 is 41.1 Å². The van der Waals surface area contributed by atoms with Crippen molar-refractivity contribution in [3.63, 3.8) is 0 Å². The lowest BCUT2D eigenvalue weighted by Gasteiger charge is -2.47. The number of Topliss-reactive ketones (excluding diaryl/α,β-unsaturated/α-hetero) is 1. The minimum absolute atomic E-state index is 0.0510. The van der Waals surface area contributed by atoms with E-state index in [1.54, 1.807) is 25.0 Å². The Bertz CT molecular complexity index is 917. The molecule has 0 aliphatic carbocycles. The summed E-state index contributed by atoms with van der Waals surface area (Å²) in [5.41, 5.74) is 7.75. The molecular formula is C23H41N2O9S4. The molecule has 11 nitrogen and oxygen atoms in total. The van der Waals surface area contributed by atoms with Crippen molar-refractivity contribution in [2.45, 2.75) is 50.4 Å². The smallest absolute Gasteiger partial charge is 0.310 e. The Morgan fingerprint density at radius 1 is 0.868 bits per heavy atom. The van der Waals surface area contributed by atoms with Gasteiger partial charge in [-0.05, 0) is 25.2 Å². The van der Waals surface area contributed by atoms with Gasteiger partial charge in [0.25, 0.3) is 0 Å². The quantitative estimate of drug-likeness (QED) is 0.151. The fourth-order valence-corrected chi connectivity index (χ4v) is 8.41. The van der Waals surface area contributed by atoms with Crippen LogP contribution in [0.2, 0.25) is 0 Å². The van der Waals surface area contributed by atoms with Gasteiger partial charge in [0.2, 0.25) is 5.91 Å². The molecule has 15 heteroatoms. The first-order valence-electron chi connectivity index (χ1n) is 12.3. The highest BCUT2D eigenvalue weighted by Gasteiger charge is 2.46.